The van der Waals surface area contributed by atoms with E-state index in [1.165, 1.54) is 12.7 Å². The fourth-order valence-electron chi connectivity index (χ4n) is 4.64. The third kappa shape index (κ3) is 4.56. The molecule has 0 saturated carbocycles. The third-order valence-electron chi connectivity index (χ3n) is 6.32. The maximum atomic E-state index is 11.9. The standard InChI is InChI=1S/C26H31N5O2S/c1-17-16-21(18(2)31(17)20-11-9-19(10-12-20)25(32)33-5)24-23(22-8-6-7-13-27-22)28-26(34)30(24)15-14-29(3)4/h6-13,16,23-24H,14-15H2,1-5H3,(H,28,34)/t23-,24-/m0/s1. The van der Waals surface area contributed by atoms with Crippen molar-refractivity contribution >= 4 is 23.3 Å². The molecule has 0 unspecified atom stereocenters. The van der Waals surface area contributed by atoms with Crippen LogP contribution in [0.2, 0.25) is 0 Å². The first-order valence-electron chi connectivity index (χ1n) is 11.3. The summed E-state index contributed by atoms with van der Waals surface area (Å²) in [5.41, 5.74) is 5.95. The van der Waals surface area contributed by atoms with E-state index in [1.807, 2.05) is 36.5 Å². The van der Waals surface area contributed by atoms with Gasteiger partial charge in [0, 0.05) is 36.4 Å². The van der Waals surface area contributed by atoms with Gasteiger partial charge in [0.05, 0.1) is 30.5 Å². The molecular weight excluding hydrogens is 446 g/mol. The summed E-state index contributed by atoms with van der Waals surface area (Å²) in [6.07, 6.45) is 1.83. The number of likely N-dealkylation sites (N-methyl/N-ethyl adjacent to an activating group) is 1. The average molecular weight is 478 g/mol. The molecule has 1 N–H and O–H groups in total. The summed E-state index contributed by atoms with van der Waals surface area (Å²) < 4.78 is 7.06. The van der Waals surface area contributed by atoms with Crippen LogP contribution >= 0.6 is 12.2 Å². The summed E-state index contributed by atoms with van der Waals surface area (Å²) in [6.45, 7) is 5.94. The number of nitrogens with one attached hydrogen (secondary N) is 1. The molecule has 0 radical (unpaired) electrons. The van der Waals surface area contributed by atoms with Gasteiger partial charge >= 0.3 is 5.97 Å². The molecule has 7 nitrogen and oxygen atoms in total. The number of pyridine rings is 1. The Morgan fingerprint density at radius 2 is 1.91 bits per heavy atom. The predicted octanol–water partition coefficient (Wildman–Crippen LogP) is 3.81. The van der Waals surface area contributed by atoms with Gasteiger partial charge in [0.1, 0.15) is 0 Å². The largest absolute Gasteiger partial charge is 0.465 e. The van der Waals surface area contributed by atoms with Crippen LogP contribution in [0.1, 0.15) is 45.1 Å². The Kier molecular flexibility index (Phi) is 7.00. The van der Waals surface area contributed by atoms with E-state index >= 15 is 0 Å². The Morgan fingerprint density at radius 3 is 2.53 bits per heavy atom. The van der Waals surface area contributed by atoms with Crippen molar-refractivity contribution in [2.45, 2.75) is 25.9 Å². The number of thiocarbonyl (C=S) groups is 1. The van der Waals surface area contributed by atoms with Crippen molar-refractivity contribution in [1.82, 2.24) is 24.7 Å². The summed E-state index contributed by atoms with van der Waals surface area (Å²) in [4.78, 5) is 20.9. The molecule has 178 valence electrons. The second kappa shape index (κ2) is 9.95. The molecule has 3 heterocycles. The van der Waals surface area contributed by atoms with Crippen LogP contribution < -0.4 is 5.32 Å². The predicted molar refractivity (Wildman–Crippen MR) is 137 cm³/mol. The van der Waals surface area contributed by atoms with E-state index < -0.39 is 0 Å². The number of carbonyl (C=O) groups excluding carboxylic acids is 1. The first-order valence-corrected chi connectivity index (χ1v) is 11.7. The topological polar surface area (TPSA) is 62.6 Å². The Hall–Kier alpha value is -3.23. The van der Waals surface area contributed by atoms with Gasteiger partial charge in [-0.2, -0.15) is 0 Å². The van der Waals surface area contributed by atoms with E-state index in [2.05, 4.69) is 58.7 Å². The molecule has 3 aromatic rings. The highest BCUT2D eigenvalue weighted by atomic mass is 32.1. The molecule has 1 fully saturated rings. The minimum absolute atomic E-state index is 0.0108. The lowest BCUT2D eigenvalue weighted by molar-refractivity contribution is 0.0600. The number of aryl methyl sites for hydroxylation is 1. The fourth-order valence-corrected chi connectivity index (χ4v) is 4.97. The summed E-state index contributed by atoms with van der Waals surface area (Å²) in [7, 11) is 5.53. The highest BCUT2D eigenvalue weighted by molar-refractivity contribution is 7.80. The lowest BCUT2D eigenvalue weighted by Gasteiger charge is -2.29. The zero-order valence-electron chi connectivity index (χ0n) is 20.3. The molecule has 34 heavy (non-hydrogen) atoms. The number of benzene rings is 1. The molecule has 4 rings (SSSR count). The lowest BCUT2D eigenvalue weighted by Crippen LogP contribution is -2.35. The minimum atomic E-state index is -0.339. The zero-order valence-corrected chi connectivity index (χ0v) is 21.1. The van der Waals surface area contributed by atoms with Crippen molar-refractivity contribution in [3.63, 3.8) is 0 Å². The molecule has 2 aromatic heterocycles. The van der Waals surface area contributed by atoms with Gasteiger partial charge in [-0.3, -0.25) is 4.98 Å². The molecule has 0 spiro atoms. The number of esters is 1. The number of methoxy groups -OCH3 is 1. The zero-order chi connectivity index (χ0) is 24.4. The van der Waals surface area contributed by atoms with Crippen molar-refractivity contribution in [3.05, 3.63) is 82.9 Å². The summed E-state index contributed by atoms with van der Waals surface area (Å²) in [5, 5.41) is 4.28. The van der Waals surface area contributed by atoms with Crippen molar-refractivity contribution in [2.75, 3.05) is 34.3 Å². The second-order valence-corrected chi connectivity index (χ2v) is 9.21. The average Bonchev–Trinajstić information content (AvgIpc) is 3.32. The van der Waals surface area contributed by atoms with E-state index in [0.717, 1.165) is 41.0 Å². The Morgan fingerprint density at radius 1 is 1.18 bits per heavy atom. The molecule has 0 aliphatic carbocycles. The molecular formula is C26H31N5O2S. The maximum Gasteiger partial charge on any atom is 0.337 e. The SMILES string of the molecule is COC(=O)c1ccc(-n2c(C)cc([C@H]3[C@H](c4ccccn4)NC(=S)N3CCN(C)C)c2C)cc1. The Bertz CT molecular complexity index is 1170. The fraction of sp³-hybridized carbons (Fsp3) is 0.346. The lowest BCUT2D eigenvalue weighted by atomic mass is 9.96. The maximum absolute atomic E-state index is 11.9. The number of rotatable bonds is 7. The molecule has 1 aliphatic heterocycles. The van der Waals surface area contributed by atoms with Gasteiger partial charge in [0.15, 0.2) is 5.11 Å². The van der Waals surface area contributed by atoms with Crippen molar-refractivity contribution < 1.29 is 9.53 Å². The van der Waals surface area contributed by atoms with Crippen molar-refractivity contribution in [3.8, 4) is 5.69 Å². The van der Waals surface area contributed by atoms with Gasteiger partial charge in [0.2, 0.25) is 0 Å². The summed E-state index contributed by atoms with van der Waals surface area (Å²) >= 11 is 5.79. The Balaban J connectivity index is 1.76. The summed E-state index contributed by atoms with van der Waals surface area (Å²) in [5.74, 6) is -0.339. The number of nitrogens with zero attached hydrogens (tertiary/aromatic N) is 4. The van der Waals surface area contributed by atoms with Crippen LogP contribution in [0.15, 0.2) is 54.7 Å². The molecule has 1 aromatic carbocycles. The van der Waals surface area contributed by atoms with Crippen LogP contribution in [0, 0.1) is 13.8 Å². The number of carbonyl (C=O) groups is 1. The van der Waals surface area contributed by atoms with Gasteiger partial charge in [-0.25, -0.2) is 4.79 Å². The van der Waals surface area contributed by atoms with Crippen molar-refractivity contribution in [2.24, 2.45) is 0 Å². The van der Waals surface area contributed by atoms with Gasteiger partial charge < -0.3 is 24.4 Å². The van der Waals surface area contributed by atoms with Gasteiger partial charge in [-0.05, 0) is 88.2 Å². The first kappa shape index (κ1) is 23.9. The normalized spacial score (nSPS) is 17.8. The Labute approximate surface area is 206 Å². The summed E-state index contributed by atoms with van der Waals surface area (Å²) in [6, 6.07) is 15.7. The highest BCUT2D eigenvalue weighted by Gasteiger charge is 2.41. The second-order valence-electron chi connectivity index (χ2n) is 8.82. The quantitative estimate of drug-likeness (QED) is 0.410. The van der Waals surface area contributed by atoms with Crippen LogP contribution in [-0.2, 0) is 4.74 Å². The number of aromatic nitrogens is 2. The van der Waals surface area contributed by atoms with E-state index in [1.54, 1.807) is 12.1 Å². The molecule has 1 saturated heterocycles. The van der Waals surface area contributed by atoms with Crippen molar-refractivity contribution in [1.29, 1.82) is 0 Å². The molecule has 2 atom stereocenters. The highest BCUT2D eigenvalue weighted by Crippen LogP contribution is 2.41. The van der Waals surface area contributed by atoms with E-state index in [4.69, 9.17) is 17.0 Å². The van der Waals surface area contributed by atoms with E-state index in [0.29, 0.717) is 5.56 Å². The first-order chi connectivity index (χ1) is 16.3. The molecule has 0 amide bonds. The van der Waals surface area contributed by atoms with Crippen LogP contribution in [-0.4, -0.2) is 64.7 Å². The van der Waals surface area contributed by atoms with Crippen LogP contribution in [0.5, 0.6) is 0 Å². The number of hydrogen-bond acceptors (Lipinski definition) is 5. The molecule has 0 bridgehead atoms. The van der Waals surface area contributed by atoms with Gasteiger partial charge in [0.25, 0.3) is 0 Å². The van der Waals surface area contributed by atoms with Crippen LogP contribution in [0.3, 0.4) is 0 Å². The van der Waals surface area contributed by atoms with Crippen LogP contribution in [0.25, 0.3) is 5.69 Å². The third-order valence-corrected chi connectivity index (χ3v) is 6.67. The monoisotopic (exact) mass is 477 g/mol. The smallest absolute Gasteiger partial charge is 0.337 e. The van der Waals surface area contributed by atoms with Gasteiger partial charge in [-0.1, -0.05) is 6.07 Å². The van der Waals surface area contributed by atoms with Gasteiger partial charge in [-0.15, -0.1) is 0 Å². The molecule has 1 aliphatic rings. The molecule has 8 heteroatoms. The number of hydrogen-bond donors (Lipinski definition) is 1. The number of ether oxygens (including phenoxy) is 1. The van der Waals surface area contributed by atoms with E-state index in [-0.39, 0.29) is 18.1 Å². The van der Waals surface area contributed by atoms with Crippen LogP contribution in [0.4, 0.5) is 0 Å². The van der Waals surface area contributed by atoms with E-state index in [9.17, 15) is 4.79 Å². The minimum Gasteiger partial charge on any atom is -0.465 e.